The van der Waals surface area contributed by atoms with E-state index in [2.05, 4.69) is 55.4 Å². The van der Waals surface area contributed by atoms with Gasteiger partial charge in [0, 0.05) is 5.33 Å². The number of thioether (sulfide) groups is 1. The molecule has 0 spiro atoms. The van der Waals surface area contributed by atoms with Crippen LogP contribution in [0.2, 0.25) is 0 Å². The number of halogens is 1. The van der Waals surface area contributed by atoms with Gasteiger partial charge >= 0.3 is 0 Å². The Bertz CT molecular complexity index is 102. The summed E-state index contributed by atoms with van der Waals surface area (Å²) in [6.45, 7) is 9.18. The van der Waals surface area contributed by atoms with Gasteiger partial charge < -0.3 is 0 Å². The lowest BCUT2D eigenvalue weighted by molar-refractivity contribution is 0.474. The van der Waals surface area contributed by atoms with Crippen molar-refractivity contribution in [2.45, 2.75) is 27.7 Å². The van der Waals surface area contributed by atoms with Crippen LogP contribution in [0.15, 0.2) is 0 Å². The van der Waals surface area contributed by atoms with E-state index in [-0.39, 0.29) is 0 Å². The quantitative estimate of drug-likeness (QED) is 0.644. The second-order valence-corrected chi connectivity index (χ2v) is 5.81. The molecular weight excluding hydrogens is 232 g/mol. The maximum atomic E-state index is 3.57. The molecule has 0 aromatic heterocycles. The summed E-state index contributed by atoms with van der Waals surface area (Å²) in [5, 5.41) is 1.15. The minimum Gasteiger partial charge on any atom is -0.161 e. The van der Waals surface area contributed by atoms with Crippen LogP contribution in [0.3, 0.4) is 0 Å². The van der Waals surface area contributed by atoms with E-state index in [0.29, 0.717) is 0 Å². The number of alkyl halides is 1. The highest BCUT2D eigenvalue weighted by atomic mass is 79.9. The van der Waals surface area contributed by atoms with Crippen molar-refractivity contribution in [1.82, 2.24) is 0 Å². The summed E-state index contributed by atoms with van der Waals surface area (Å²) in [7, 11) is 0. The van der Waals surface area contributed by atoms with Crippen molar-refractivity contribution in [2.24, 2.45) is 17.8 Å². The predicted octanol–water partition coefficient (Wildman–Crippen LogP) is 4.04. The van der Waals surface area contributed by atoms with Crippen LogP contribution in [0.25, 0.3) is 0 Å². The lowest BCUT2D eigenvalue weighted by atomic mass is 10.0. The van der Waals surface area contributed by atoms with E-state index in [1.54, 1.807) is 0 Å². The van der Waals surface area contributed by atoms with Gasteiger partial charge in [-0.3, -0.25) is 0 Å². The molecule has 0 saturated carbocycles. The van der Waals surface area contributed by atoms with Crippen molar-refractivity contribution in [1.29, 1.82) is 0 Å². The highest BCUT2D eigenvalue weighted by molar-refractivity contribution is 9.09. The summed E-state index contributed by atoms with van der Waals surface area (Å²) < 4.78 is 0. The third-order valence-electron chi connectivity index (χ3n) is 1.92. The minimum absolute atomic E-state index is 0.809. The van der Waals surface area contributed by atoms with Gasteiger partial charge in [-0.2, -0.15) is 11.8 Å². The Morgan fingerprint density at radius 2 is 1.67 bits per heavy atom. The average Bonchev–Trinajstić information content (AvgIpc) is 1.96. The zero-order valence-corrected chi connectivity index (χ0v) is 11.0. The number of rotatable bonds is 6. The van der Waals surface area contributed by atoms with Gasteiger partial charge in [-0.15, -0.1) is 0 Å². The maximum Gasteiger partial charge on any atom is 0.00699 e. The van der Waals surface area contributed by atoms with Crippen LogP contribution in [0.1, 0.15) is 27.7 Å². The van der Waals surface area contributed by atoms with Crippen LogP contribution in [0, 0.1) is 17.8 Å². The molecule has 0 nitrogen and oxygen atoms in total. The van der Waals surface area contributed by atoms with Crippen molar-refractivity contribution < 1.29 is 0 Å². The number of hydrogen-bond acceptors (Lipinski definition) is 1. The van der Waals surface area contributed by atoms with Crippen LogP contribution >= 0.6 is 27.7 Å². The molecule has 0 saturated heterocycles. The van der Waals surface area contributed by atoms with Gasteiger partial charge in [0.2, 0.25) is 0 Å². The zero-order valence-electron chi connectivity index (χ0n) is 8.64. The SMILES string of the molecule is CC(C)CSCC(CBr)C(C)C. The molecule has 12 heavy (non-hydrogen) atoms. The molecule has 0 aromatic rings. The Hall–Kier alpha value is 0.830. The van der Waals surface area contributed by atoms with E-state index in [0.717, 1.165) is 23.1 Å². The second kappa shape index (κ2) is 7.25. The van der Waals surface area contributed by atoms with E-state index >= 15 is 0 Å². The Labute approximate surface area is 90.0 Å². The molecule has 0 fully saturated rings. The van der Waals surface area contributed by atoms with Crippen LogP contribution in [0.4, 0.5) is 0 Å². The molecule has 0 amide bonds. The van der Waals surface area contributed by atoms with Gasteiger partial charge in [0.15, 0.2) is 0 Å². The largest absolute Gasteiger partial charge is 0.161 e. The maximum absolute atomic E-state index is 3.57. The van der Waals surface area contributed by atoms with Crippen LogP contribution in [-0.2, 0) is 0 Å². The first-order chi connectivity index (χ1) is 5.57. The molecule has 2 heteroatoms. The molecule has 0 heterocycles. The monoisotopic (exact) mass is 252 g/mol. The van der Waals surface area contributed by atoms with Crippen LogP contribution in [0.5, 0.6) is 0 Å². The lowest BCUT2D eigenvalue weighted by Crippen LogP contribution is -2.13. The van der Waals surface area contributed by atoms with Crippen molar-refractivity contribution in [2.75, 3.05) is 16.8 Å². The molecule has 0 bridgehead atoms. The molecule has 0 aliphatic carbocycles. The first kappa shape index (κ1) is 12.8. The van der Waals surface area contributed by atoms with Crippen molar-refractivity contribution in [3.8, 4) is 0 Å². The van der Waals surface area contributed by atoms with Crippen LogP contribution < -0.4 is 0 Å². The predicted molar refractivity (Wildman–Crippen MR) is 64.3 cm³/mol. The van der Waals surface area contributed by atoms with Crippen molar-refractivity contribution in [3.63, 3.8) is 0 Å². The summed E-state index contributed by atoms with van der Waals surface area (Å²) in [5.41, 5.74) is 0. The molecule has 1 unspecified atom stereocenters. The van der Waals surface area contributed by atoms with Gasteiger partial charge in [0.1, 0.15) is 0 Å². The Kier molecular flexibility index (Phi) is 7.76. The lowest BCUT2D eigenvalue weighted by Gasteiger charge is -2.17. The van der Waals surface area contributed by atoms with Gasteiger partial charge in [-0.1, -0.05) is 43.6 Å². The van der Waals surface area contributed by atoms with Gasteiger partial charge in [-0.05, 0) is 29.3 Å². The van der Waals surface area contributed by atoms with E-state index < -0.39 is 0 Å². The summed E-state index contributed by atoms with van der Waals surface area (Å²) in [6, 6.07) is 0. The molecule has 0 aromatic carbocycles. The zero-order chi connectivity index (χ0) is 9.56. The van der Waals surface area contributed by atoms with Gasteiger partial charge in [0.25, 0.3) is 0 Å². The highest BCUT2D eigenvalue weighted by Crippen LogP contribution is 2.20. The minimum atomic E-state index is 0.809. The van der Waals surface area contributed by atoms with Gasteiger partial charge in [0.05, 0.1) is 0 Å². The molecule has 0 rings (SSSR count). The van der Waals surface area contributed by atoms with E-state index in [1.807, 2.05) is 0 Å². The molecule has 74 valence electrons. The van der Waals surface area contributed by atoms with E-state index in [1.165, 1.54) is 11.5 Å². The fourth-order valence-electron chi connectivity index (χ4n) is 0.870. The summed E-state index contributed by atoms with van der Waals surface area (Å²) >= 11 is 5.66. The molecular formula is C10H21BrS. The normalized spacial score (nSPS) is 14.2. The highest BCUT2D eigenvalue weighted by Gasteiger charge is 2.11. The molecule has 1 atom stereocenters. The Morgan fingerprint density at radius 1 is 1.08 bits per heavy atom. The fourth-order valence-corrected chi connectivity index (χ4v) is 3.56. The topological polar surface area (TPSA) is 0 Å². The molecule has 0 aliphatic heterocycles. The van der Waals surface area contributed by atoms with E-state index in [4.69, 9.17) is 0 Å². The third kappa shape index (κ3) is 6.36. The van der Waals surface area contributed by atoms with Crippen LogP contribution in [-0.4, -0.2) is 16.8 Å². The third-order valence-corrected chi connectivity index (χ3v) is 4.32. The van der Waals surface area contributed by atoms with Crippen molar-refractivity contribution >= 4 is 27.7 Å². The number of hydrogen-bond donors (Lipinski definition) is 0. The van der Waals surface area contributed by atoms with E-state index in [9.17, 15) is 0 Å². The Morgan fingerprint density at radius 3 is 2.00 bits per heavy atom. The fraction of sp³-hybridized carbons (Fsp3) is 1.00. The summed E-state index contributed by atoms with van der Waals surface area (Å²) in [6.07, 6.45) is 0. The summed E-state index contributed by atoms with van der Waals surface area (Å²) in [4.78, 5) is 0. The molecule has 0 radical (unpaired) electrons. The first-order valence-corrected chi connectivity index (χ1v) is 6.99. The standard InChI is InChI=1S/C10H21BrS/c1-8(2)6-12-7-10(5-11)9(3)4/h8-10H,5-7H2,1-4H3. The Balaban J connectivity index is 3.45. The first-order valence-electron chi connectivity index (χ1n) is 4.71. The van der Waals surface area contributed by atoms with Gasteiger partial charge in [-0.25, -0.2) is 0 Å². The second-order valence-electron chi connectivity index (χ2n) is 4.09. The summed E-state index contributed by atoms with van der Waals surface area (Å²) in [5.74, 6) is 5.09. The van der Waals surface area contributed by atoms with Crippen molar-refractivity contribution in [3.05, 3.63) is 0 Å². The average molecular weight is 253 g/mol. The smallest absolute Gasteiger partial charge is 0.00699 e. The molecule has 0 N–H and O–H groups in total. The molecule has 0 aliphatic rings.